The topological polar surface area (TPSA) is 65.8 Å². The fourth-order valence-corrected chi connectivity index (χ4v) is 1.58. The first-order valence-electron chi connectivity index (χ1n) is 4.96. The van der Waals surface area contributed by atoms with Gasteiger partial charge in [-0.2, -0.15) is 5.26 Å². The zero-order chi connectivity index (χ0) is 12.0. The van der Waals surface area contributed by atoms with Gasteiger partial charge in [-0.1, -0.05) is 6.92 Å². The second-order valence-electron chi connectivity index (χ2n) is 3.31. The van der Waals surface area contributed by atoms with Crippen LogP contribution in [0.4, 0.5) is 0 Å². The molecule has 1 N–H and O–H groups in total. The number of nitrogens with zero attached hydrogens (tertiary/aromatic N) is 2. The Hall–Kier alpha value is -1.41. The predicted octanol–water partition coefficient (Wildman–Crippen LogP) is 2.27. The molecular weight excluding hydrogens is 270 g/mol. The largest absolute Gasteiger partial charge is 0.348 e. The number of halogens is 1. The van der Waals surface area contributed by atoms with Crippen molar-refractivity contribution < 1.29 is 4.79 Å². The summed E-state index contributed by atoms with van der Waals surface area (Å²) in [5.41, 5.74) is 0.540. The summed E-state index contributed by atoms with van der Waals surface area (Å²) in [6.07, 6.45) is 2.63. The van der Waals surface area contributed by atoms with Crippen LogP contribution in [0.15, 0.2) is 22.9 Å². The molecule has 16 heavy (non-hydrogen) atoms. The lowest BCUT2D eigenvalue weighted by molar-refractivity contribution is 0.0936. The molecule has 1 heterocycles. The summed E-state index contributed by atoms with van der Waals surface area (Å²) >= 11 is 3.20. The molecule has 0 aromatic carbocycles. The molecule has 1 unspecified atom stereocenters. The number of rotatable bonds is 4. The second kappa shape index (κ2) is 6.23. The summed E-state index contributed by atoms with van der Waals surface area (Å²) in [6.45, 7) is 1.94. The minimum Gasteiger partial charge on any atom is -0.348 e. The molecule has 1 rings (SSSR count). The zero-order valence-corrected chi connectivity index (χ0v) is 10.5. The fourth-order valence-electron chi connectivity index (χ4n) is 1.22. The lowest BCUT2D eigenvalue weighted by Crippen LogP contribution is -2.34. The standard InChI is InChI=1S/C11H12BrN3O/c1-2-9(3-5-13)15-11(16)8-4-6-14-10(12)7-8/h4,6-7,9H,2-3H2,1H3,(H,15,16). The number of hydrogen-bond donors (Lipinski definition) is 1. The molecule has 0 radical (unpaired) electrons. The monoisotopic (exact) mass is 281 g/mol. The smallest absolute Gasteiger partial charge is 0.251 e. The molecular formula is C11H12BrN3O. The summed E-state index contributed by atoms with van der Waals surface area (Å²) in [4.78, 5) is 15.7. The van der Waals surface area contributed by atoms with Crippen molar-refractivity contribution in [2.45, 2.75) is 25.8 Å². The lowest BCUT2D eigenvalue weighted by Gasteiger charge is -2.13. The first-order chi connectivity index (χ1) is 7.67. The van der Waals surface area contributed by atoms with Gasteiger partial charge in [-0.3, -0.25) is 4.79 Å². The van der Waals surface area contributed by atoms with E-state index in [1.165, 1.54) is 0 Å². The minimum atomic E-state index is -0.176. The van der Waals surface area contributed by atoms with Crippen LogP contribution in [0, 0.1) is 11.3 Å². The summed E-state index contributed by atoms with van der Waals surface area (Å²) in [6, 6.07) is 5.24. The Morgan fingerprint density at radius 3 is 3.06 bits per heavy atom. The zero-order valence-electron chi connectivity index (χ0n) is 8.90. The van der Waals surface area contributed by atoms with E-state index >= 15 is 0 Å². The molecule has 0 aliphatic carbocycles. The molecule has 1 atom stereocenters. The van der Waals surface area contributed by atoms with Gasteiger partial charge in [0.1, 0.15) is 4.60 Å². The molecule has 1 aromatic rings. The summed E-state index contributed by atoms with van der Waals surface area (Å²) in [5.74, 6) is -0.176. The maximum absolute atomic E-state index is 11.8. The van der Waals surface area contributed by atoms with E-state index in [9.17, 15) is 4.79 Å². The van der Waals surface area contributed by atoms with Crippen molar-refractivity contribution in [1.82, 2.24) is 10.3 Å². The number of carbonyl (C=O) groups is 1. The molecule has 0 saturated heterocycles. The fraction of sp³-hybridized carbons (Fsp3) is 0.364. The molecule has 84 valence electrons. The Morgan fingerprint density at radius 1 is 1.75 bits per heavy atom. The summed E-state index contributed by atoms with van der Waals surface area (Å²) in [7, 11) is 0. The van der Waals surface area contributed by atoms with E-state index in [2.05, 4.69) is 32.3 Å². The Labute approximate surface area is 103 Å². The van der Waals surface area contributed by atoms with Crippen molar-refractivity contribution >= 4 is 21.8 Å². The highest BCUT2D eigenvalue weighted by Gasteiger charge is 2.11. The minimum absolute atomic E-state index is 0.0931. The van der Waals surface area contributed by atoms with Crippen molar-refractivity contribution in [3.05, 3.63) is 28.5 Å². The van der Waals surface area contributed by atoms with Crippen molar-refractivity contribution in [2.24, 2.45) is 0 Å². The summed E-state index contributed by atoms with van der Waals surface area (Å²) in [5, 5.41) is 11.4. The van der Waals surface area contributed by atoms with E-state index in [1.807, 2.05) is 6.92 Å². The van der Waals surface area contributed by atoms with Gasteiger partial charge in [-0.05, 0) is 34.5 Å². The van der Waals surface area contributed by atoms with Gasteiger partial charge in [0.2, 0.25) is 0 Å². The van der Waals surface area contributed by atoms with Crippen LogP contribution < -0.4 is 5.32 Å². The van der Waals surface area contributed by atoms with Crippen molar-refractivity contribution in [3.8, 4) is 6.07 Å². The lowest BCUT2D eigenvalue weighted by atomic mass is 10.1. The van der Waals surface area contributed by atoms with Gasteiger partial charge in [-0.15, -0.1) is 0 Å². The number of hydrogen-bond acceptors (Lipinski definition) is 3. The molecule has 0 saturated carbocycles. The number of carbonyl (C=O) groups excluding carboxylic acids is 1. The maximum atomic E-state index is 11.8. The van der Waals surface area contributed by atoms with Crippen LogP contribution in [-0.2, 0) is 0 Å². The van der Waals surface area contributed by atoms with Crippen LogP contribution in [0.2, 0.25) is 0 Å². The molecule has 0 spiro atoms. The number of amides is 1. The Bertz CT molecular complexity index is 414. The molecule has 0 aliphatic rings. The molecule has 5 heteroatoms. The molecule has 0 aliphatic heterocycles. The Kier molecular flexibility index (Phi) is 4.93. The first-order valence-corrected chi connectivity index (χ1v) is 5.76. The van der Waals surface area contributed by atoms with Crippen LogP contribution >= 0.6 is 15.9 Å². The van der Waals surface area contributed by atoms with Gasteiger partial charge in [0.25, 0.3) is 5.91 Å². The van der Waals surface area contributed by atoms with Crippen LogP contribution in [0.1, 0.15) is 30.1 Å². The third-order valence-electron chi connectivity index (χ3n) is 2.15. The van der Waals surface area contributed by atoms with E-state index in [0.717, 1.165) is 6.42 Å². The molecule has 0 fully saturated rings. The maximum Gasteiger partial charge on any atom is 0.251 e. The van der Waals surface area contributed by atoms with Crippen LogP contribution in [0.3, 0.4) is 0 Å². The second-order valence-corrected chi connectivity index (χ2v) is 4.12. The number of aromatic nitrogens is 1. The van der Waals surface area contributed by atoms with E-state index in [0.29, 0.717) is 16.6 Å². The van der Waals surface area contributed by atoms with Gasteiger partial charge in [-0.25, -0.2) is 4.98 Å². The van der Waals surface area contributed by atoms with Crippen molar-refractivity contribution in [1.29, 1.82) is 5.26 Å². The quantitative estimate of drug-likeness (QED) is 0.861. The highest BCUT2D eigenvalue weighted by atomic mass is 79.9. The summed E-state index contributed by atoms with van der Waals surface area (Å²) < 4.78 is 0.619. The van der Waals surface area contributed by atoms with E-state index < -0.39 is 0 Å². The van der Waals surface area contributed by atoms with Crippen molar-refractivity contribution in [2.75, 3.05) is 0 Å². The highest BCUT2D eigenvalue weighted by molar-refractivity contribution is 9.10. The SMILES string of the molecule is CCC(CC#N)NC(=O)c1ccnc(Br)c1. The van der Waals surface area contributed by atoms with E-state index in [-0.39, 0.29) is 11.9 Å². The van der Waals surface area contributed by atoms with E-state index in [1.54, 1.807) is 18.3 Å². The molecule has 1 amide bonds. The van der Waals surface area contributed by atoms with E-state index in [4.69, 9.17) is 5.26 Å². The van der Waals surface area contributed by atoms with Gasteiger partial charge in [0.15, 0.2) is 0 Å². The Morgan fingerprint density at radius 2 is 2.50 bits per heavy atom. The van der Waals surface area contributed by atoms with Crippen LogP contribution in [0.25, 0.3) is 0 Å². The van der Waals surface area contributed by atoms with Crippen molar-refractivity contribution in [3.63, 3.8) is 0 Å². The number of pyridine rings is 1. The predicted molar refractivity (Wildman–Crippen MR) is 63.7 cm³/mol. The van der Waals surface area contributed by atoms with Gasteiger partial charge in [0.05, 0.1) is 12.5 Å². The van der Waals surface area contributed by atoms with Crippen LogP contribution in [0.5, 0.6) is 0 Å². The number of nitrogens with one attached hydrogen (secondary N) is 1. The average Bonchev–Trinajstić information content (AvgIpc) is 2.28. The average molecular weight is 282 g/mol. The highest BCUT2D eigenvalue weighted by Crippen LogP contribution is 2.08. The molecule has 1 aromatic heterocycles. The normalized spacial score (nSPS) is 11.6. The van der Waals surface area contributed by atoms with Gasteiger partial charge < -0.3 is 5.32 Å². The van der Waals surface area contributed by atoms with Gasteiger partial charge in [0, 0.05) is 17.8 Å². The Balaban J connectivity index is 2.68. The van der Waals surface area contributed by atoms with Crippen LogP contribution in [-0.4, -0.2) is 16.9 Å². The third kappa shape index (κ3) is 3.63. The first kappa shape index (κ1) is 12.7. The van der Waals surface area contributed by atoms with Gasteiger partial charge >= 0.3 is 0 Å². The molecule has 0 bridgehead atoms. The third-order valence-corrected chi connectivity index (χ3v) is 2.59. The number of nitriles is 1. The molecule has 4 nitrogen and oxygen atoms in total.